The van der Waals surface area contributed by atoms with Gasteiger partial charge in [0, 0.05) is 0 Å². The molecule has 0 fully saturated rings. The normalized spacial score (nSPS) is 10.3. The minimum Gasteiger partial charge on any atom is -0.286 e. The molecule has 0 unspecified atom stereocenters. The summed E-state index contributed by atoms with van der Waals surface area (Å²) in [5.74, 6) is 0.0532. The van der Waals surface area contributed by atoms with Gasteiger partial charge in [0.1, 0.15) is 5.84 Å². The molecule has 0 amide bonds. The number of nitrogens with one attached hydrogen (secondary N) is 1. The largest absolute Gasteiger partial charge is 0.286 e. The lowest BCUT2D eigenvalue weighted by Crippen LogP contribution is -1.85. The third-order valence-corrected chi connectivity index (χ3v) is 0.218. The van der Waals surface area contributed by atoms with E-state index in [4.69, 9.17) is 11.0 Å². The second-order valence-electron chi connectivity index (χ2n) is 0.797. The van der Waals surface area contributed by atoms with Crippen molar-refractivity contribution in [1.29, 1.82) is 5.26 Å². The predicted molar refractivity (Wildman–Crippen MR) is 21.8 cm³/mol. The Bertz CT molecular complexity index is 93.1. The number of hydrogen-bond acceptors (Lipinski definition) is 2. The molecule has 3 nitrogen and oxygen atoms in total. The van der Waals surface area contributed by atoms with Gasteiger partial charge in [0.2, 0.25) is 6.19 Å². The van der Waals surface area contributed by atoms with Gasteiger partial charge in [0.25, 0.3) is 0 Å². The van der Waals surface area contributed by atoms with Crippen molar-refractivity contribution in [3.8, 4) is 6.19 Å². The molecule has 0 bridgehead atoms. The maximum atomic E-state index is 7.68. The van der Waals surface area contributed by atoms with E-state index in [-0.39, 0.29) is 5.84 Å². The first kappa shape index (κ1) is 4.96. The Labute approximate surface area is 36.1 Å². The zero-order valence-corrected chi connectivity index (χ0v) is 3.39. The minimum absolute atomic E-state index is 0.0532. The van der Waals surface area contributed by atoms with E-state index in [1.54, 1.807) is 0 Å². The van der Waals surface area contributed by atoms with E-state index in [9.17, 15) is 0 Å². The van der Waals surface area contributed by atoms with Crippen LogP contribution in [0.5, 0.6) is 0 Å². The Morgan fingerprint density at radius 2 is 2.50 bits per heavy atom. The number of hydrogen-bond donors (Lipinski definition) is 0. The minimum atomic E-state index is 0.0532. The van der Waals surface area contributed by atoms with Gasteiger partial charge in [-0.1, -0.05) is 0 Å². The number of nitriles is 1. The van der Waals surface area contributed by atoms with Crippen molar-refractivity contribution in [3.63, 3.8) is 0 Å². The fraction of sp³-hybridized carbons (Fsp3) is 0.333. The Balaban J connectivity index is 3.51. The molecule has 0 aromatic carbocycles. The number of aliphatic imine (C=N–C) groups is 1. The lowest BCUT2D eigenvalue weighted by atomic mass is 10.7. The number of nitrogens with zero attached hydrogens (tertiary/aromatic N) is 2. The molecule has 0 heterocycles. The van der Waals surface area contributed by atoms with Crippen LogP contribution in [-0.4, -0.2) is 5.84 Å². The van der Waals surface area contributed by atoms with Crippen molar-refractivity contribution in [2.75, 3.05) is 0 Å². The first-order valence-electron chi connectivity index (χ1n) is 1.42. The molecule has 1 radical (unpaired) electrons. The zero-order valence-electron chi connectivity index (χ0n) is 3.39. The summed E-state index contributed by atoms with van der Waals surface area (Å²) in [7, 11) is 0. The molecule has 3 heteroatoms. The molecule has 6 heavy (non-hydrogen) atoms. The molecule has 0 saturated heterocycles. The van der Waals surface area contributed by atoms with Crippen LogP contribution in [0.25, 0.3) is 0 Å². The molecular formula is C3H4N3. The molecule has 0 aliphatic rings. The Morgan fingerprint density at radius 1 is 2.00 bits per heavy atom. The van der Waals surface area contributed by atoms with Gasteiger partial charge in [-0.3, -0.25) is 5.73 Å². The van der Waals surface area contributed by atoms with Crippen LogP contribution < -0.4 is 5.73 Å². The van der Waals surface area contributed by atoms with Crippen LogP contribution in [0.1, 0.15) is 6.92 Å². The monoisotopic (exact) mass is 82.0 g/mol. The highest BCUT2D eigenvalue weighted by atomic mass is 14.8. The van der Waals surface area contributed by atoms with E-state index in [1.807, 2.05) is 0 Å². The molecule has 1 N–H and O–H groups in total. The second kappa shape index (κ2) is 2.21. The number of amidine groups is 1. The van der Waals surface area contributed by atoms with Gasteiger partial charge in [0.15, 0.2) is 0 Å². The summed E-state index contributed by atoms with van der Waals surface area (Å²) >= 11 is 0. The van der Waals surface area contributed by atoms with Gasteiger partial charge in [-0.25, -0.2) is 0 Å². The van der Waals surface area contributed by atoms with Crippen LogP contribution in [0, 0.1) is 11.5 Å². The summed E-state index contributed by atoms with van der Waals surface area (Å²) in [4.78, 5) is 3.01. The highest BCUT2D eigenvalue weighted by Crippen LogP contribution is 1.60. The smallest absolute Gasteiger partial charge is 0.207 e. The van der Waals surface area contributed by atoms with Gasteiger partial charge >= 0.3 is 0 Å². The molecule has 0 aromatic rings. The van der Waals surface area contributed by atoms with Crippen LogP contribution >= 0.6 is 0 Å². The van der Waals surface area contributed by atoms with Crippen molar-refractivity contribution < 1.29 is 0 Å². The third kappa shape index (κ3) is 2.96. The van der Waals surface area contributed by atoms with Crippen LogP contribution in [0.2, 0.25) is 0 Å². The molecule has 0 aliphatic heterocycles. The lowest BCUT2D eigenvalue weighted by Gasteiger charge is -1.70. The molecule has 0 rings (SSSR count). The van der Waals surface area contributed by atoms with Crippen molar-refractivity contribution in [1.82, 2.24) is 5.73 Å². The summed E-state index contributed by atoms with van der Waals surface area (Å²) in [5, 5.41) is 7.68. The Hall–Kier alpha value is -1.04. The van der Waals surface area contributed by atoms with E-state index >= 15 is 0 Å². The third-order valence-electron chi connectivity index (χ3n) is 0.218. The highest BCUT2D eigenvalue weighted by Gasteiger charge is 1.69. The van der Waals surface area contributed by atoms with Crippen LogP contribution in [-0.2, 0) is 0 Å². The standard InChI is InChI=1S/C3H4N3/c1-3(5)6-2-4/h5H,1H3. The zero-order chi connectivity index (χ0) is 4.99. The Kier molecular flexibility index (Phi) is 1.83. The Morgan fingerprint density at radius 3 is 2.50 bits per heavy atom. The van der Waals surface area contributed by atoms with E-state index in [0.29, 0.717) is 0 Å². The molecule has 0 atom stereocenters. The average Bonchev–Trinajstić information content (AvgIpc) is 1.35. The maximum Gasteiger partial charge on any atom is 0.207 e. The van der Waals surface area contributed by atoms with Gasteiger partial charge in [0.05, 0.1) is 0 Å². The first-order valence-corrected chi connectivity index (χ1v) is 1.42. The quantitative estimate of drug-likeness (QED) is 0.233. The molecule has 0 saturated carbocycles. The predicted octanol–water partition coefficient (Wildman–Crippen LogP) is 0.169. The fourth-order valence-electron chi connectivity index (χ4n) is 0.0750. The van der Waals surface area contributed by atoms with Gasteiger partial charge in [-0.05, 0) is 6.92 Å². The fourth-order valence-corrected chi connectivity index (χ4v) is 0.0750. The van der Waals surface area contributed by atoms with Gasteiger partial charge < -0.3 is 0 Å². The molecule has 0 spiro atoms. The van der Waals surface area contributed by atoms with E-state index < -0.39 is 0 Å². The summed E-state index contributed by atoms with van der Waals surface area (Å²) in [6, 6.07) is 0. The average molecular weight is 82.1 g/mol. The second-order valence-corrected chi connectivity index (χ2v) is 0.797. The van der Waals surface area contributed by atoms with E-state index in [0.717, 1.165) is 0 Å². The summed E-state index contributed by atoms with van der Waals surface area (Å²) in [5.41, 5.74) is 6.51. The summed E-state index contributed by atoms with van der Waals surface area (Å²) < 4.78 is 0. The van der Waals surface area contributed by atoms with Crippen molar-refractivity contribution in [3.05, 3.63) is 0 Å². The van der Waals surface area contributed by atoms with Crippen LogP contribution in [0.3, 0.4) is 0 Å². The molecule has 31 valence electrons. The van der Waals surface area contributed by atoms with Crippen molar-refractivity contribution in [2.45, 2.75) is 6.92 Å². The van der Waals surface area contributed by atoms with Gasteiger partial charge in [-0.15, -0.1) is 0 Å². The molecular weight excluding hydrogens is 78.1 g/mol. The summed E-state index contributed by atoms with van der Waals surface area (Å²) in [6.45, 7) is 1.45. The maximum absolute atomic E-state index is 7.68. The summed E-state index contributed by atoms with van der Waals surface area (Å²) in [6.07, 6.45) is 1.47. The molecule has 0 aliphatic carbocycles. The SMILES string of the molecule is CC([NH])=NC#N. The van der Waals surface area contributed by atoms with E-state index in [1.165, 1.54) is 13.1 Å². The van der Waals surface area contributed by atoms with Crippen molar-refractivity contribution >= 4 is 5.84 Å². The lowest BCUT2D eigenvalue weighted by molar-refractivity contribution is 1.39. The first-order chi connectivity index (χ1) is 2.77. The van der Waals surface area contributed by atoms with Crippen LogP contribution in [0.4, 0.5) is 0 Å². The molecule has 0 aromatic heterocycles. The number of rotatable bonds is 0. The van der Waals surface area contributed by atoms with Crippen LogP contribution in [0.15, 0.2) is 4.99 Å². The van der Waals surface area contributed by atoms with Gasteiger partial charge in [-0.2, -0.15) is 10.3 Å². The highest BCUT2D eigenvalue weighted by molar-refractivity contribution is 5.77. The van der Waals surface area contributed by atoms with Crippen molar-refractivity contribution in [2.24, 2.45) is 4.99 Å². The van der Waals surface area contributed by atoms with E-state index in [2.05, 4.69) is 4.99 Å². The topological polar surface area (TPSA) is 59.9 Å².